The second kappa shape index (κ2) is 5.21. The average Bonchev–Trinajstić information content (AvgIpc) is 2.78. The van der Waals surface area contributed by atoms with Crippen LogP contribution in [0.2, 0.25) is 0 Å². The monoisotopic (exact) mass is 350 g/mol. The standard InChI is InChI=1S/C11H16Br2N2O/c1-7-3-2-4-15(7)9(6-14)10-5-8(12)11(13)16-10/h5,7,9H,2-4,6,14H2,1H3. The van der Waals surface area contributed by atoms with Crippen LogP contribution in [0.3, 0.4) is 0 Å². The molecule has 1 aromatic rings. The van der Waals surface area contributed by atoms with Gasteiger partial charge < -0.3 is 10.2 Å². The van der Waals surface area contributed by atoms with E-state index in [1.807, 2.05) is 6.07 Å². The maximum absolute atomic E-state index is 5.87. The zero-order valence-electron chi connectivity index (χ0n) is 9.25. The number of hydrogen-bond acceptors (Lipinski definition) is 3. The lowest BCUT2D eigenvalue weighted by molar-refractivity contribution is 0.172. The molecular formula is C11H16Br2N2O. The van der Waals surface area contributed by atoms with Crippen LogP contribution in [0, 0.1) is 0 Å². The SMILES string of the molecule is CC1CCCN1C(CN)c1cc(Br)c(Br)o1. The number of rotatable bonds is 3. The third kappa shape index (κ3) is 2.37. The first-order valence-electron chi connectivity index (χ1n) is 5.54. The molecule has 0 spiro atoms. The molecule has 0 saturated carbocycles. The molecular weight excluding hydrogens is 336 g/mol. The van der Waals surface area contributed by atoms with E-state index in [0.29, 0.717) is 12.6 Å². The molecule has 0 aromatic carbocycles. The van der Waals surface area contributed by atoms with Gasteiger partial charge in [-0.2, -0.15) is 0 Å². The molecule has 0 amide bonds. The third-order valence-electron chi connectivity index (χ3n) is 3.22. The van der Waals surface area contributed by atoms with Crippen molar-refractivity contribution in [1.29, 1.82) is 0 Å². The van der Waals surface area contributed by atoms with Gasteiger partial charge in [-0.05, 0) is 64.2 Å². The van der Waals surface area contributed by atoms with Gasteiger partial charge in [0.2, 0.25) is 0 Å². The average molecular weight is 352 g/mol. The van der Waals surface area contributed by atoms with Gasteiger partial charge in [-0.15, -0.1) is 0 Å². The van der Waals surface area contributed by atoms with Gasteiger partial charge in [0.25, 0.3) is 0 Å². The Morgan fingerprint density at radius 3 is 2.81 bits per heavy atom. The van der Waals surface area contributed by atoms with Crippen LogP contribution in [-0.2, 0) is 0 Å². The summed E-state index contributed by atoms with van der Waals surface area (Å²) in [6.07, 6.45) is 2.50. The minimum atomic E-state index is 0.195. The van der Waals surface area contributed by atoms with Crippen molar-refractivity contribution in [2.75, 3.05) is 13.1 Å². The summed E-state index contributed by atoms with van der Waals surface area (Å²) in [5.41, 5.74) is 5.87. The predicted octanol–water partition coefficient (Wildman–Crippen LogP) is 3.29. The Hall–Kier alpha value is 0.160. The van der Waals surface area contributed by atoms with Gasteiger partial charge in [-0.3, -0.25) is 4.90 Å². The van der Waals surface area contributed by atoms with Crippen LogP contribution in [-0.4, -0.2) is 24.0 Å². The largest absolute Gasteiger partial charge is 0.451 e. The van der Waals surface area contributed by atoms with Gasteiger partial charge in [0.1, 0.15) is 5.76 Å². The molecule has 0 radical (unpaired) electrons. The normalized spacial score (nSPS) is 23.9. The Bertz CT molecular complexity index is 347. The molecule has 16 heavy (non-hydrogen) atoms. The predicted molar refractivity (Wildman–Crippen MR) is 71.3 cm³/mol. The summed E-state index contributed by atoms with van der Waals surface area (Å²) in [6, 6.07) is 2.79. The van der Waals surface area contributed by atoms with E-state index in [1.165, 1.54) is 12.8 Å². The molecule has 3 nitrogen and oxygen atoms in total. The van der Waals surface area contributed by atoms with Crippen molar-refractivity contribution >= 4 is 31.9 Å². The fourth-order valence-corrected chi connectivity index (χ4v) is 2.97. The summed E-state index contributed by atoms with van der Waals surface area (Å²) >= 11 is 6.80. The maximum atomic E-state index is 5.87. The highest BCUT2D eigenvalue weighted by Crippen LogP contribution is 2.34. The van der Waals surface area contributed by atoms with Gasteiger partial charge in [0.05, 0.1) is 10.5 Å². The van der Waals surface area contributed by atoms with Gasteiger partial charge in [0, 0.05) is 12.6 Å². The molecule has 1 saturated heterocycles. The van der Waals surface area contributed by atoms with Gasteiger partial charge in [-0.25, -0.2) is 0 Å². The Morgan fingerprint density at radius 1 is 1.62 bits per heavy atom. The second-order valence-electron chi connectivity index (χ2n) is 4.25. The van der Waals surface area contributed by atoms with Crippen LogP contribution in [0.15, 0.2) is 19.6 Å². The number of halogens is 2. The lowest BCUT2D eigenvalue weighted by Crippen LogP contribution is -2.35. The number of nitrogens with zero attached hydrogens (tertiary/aromatic N) is 1. The Kier molecular flexibility index (Phi) is 4.11. The highest BCUT2D eigenvalue weighted by molar-refractivity contribution is 9.13. The Morgan fingerprint density at radius 2 is 2.38 bits per heavy atom. The molecule has 2 heterocycles. The fraction of sp³-hybridized carbons (Fsp3) is 0.636. The quantitative estimate of drug-likeness (QED) is 0.908. The van der Waals surface area contributed by atoms with Crippen LogP contribution >= 0.6 is 31.9 Å². The van der Waals surface area contributed by atoms with E-state index < -0.39 is 0 Å². The van der Waals surface area contributed by atoms with Crippen LogP contribution in [0.4, 0.5) is 0 Å². The minimum absolute atomic E-state index is 0.195. The van der Waals surface area contributed by atoms with Crippen molar-refractivity contribution in [3.8, 4) is 0 Å². The molecule has 0 bridgehead atoms. The van der Waals surface area contributed by atoms with Crippen molar-refractivity contribution in [3.63, 3.8) is 0 Å². The van der Waals surface area contributed by atoms with Crippen molar-refractivity contribution < 1.29 is 4.42 Å². The summed E-state index contributed by atoms with van der Waals surface area (Å²) in [5.74, 6) is 0.940. The molecule has 2 N–H and O–H groups in total. The van der Waals surface area contributed by atoms with Crippen molar-refractivity contribution in [1.82, 2.24) is 4.90 Å². The maximum Gasteiger partial charge on any atom is 0.183 e. The molecule has 1 aromatic heterocycles. The Balaban J connectivity index is 2.21. The second-order valence-corrected chi connectivity index (χ2v) is 5.83. The molecule has 1 aliphatic heterocycles. The molecule has 2 unspecified atom stereocenters. The van der Waals surface area contributed by atoms with Crippen LogP contribution in [0.25, 0.3) is 0 Å². The van der Waals surface area contributed by atoms with Gasteiger partial charge >= 0.3 is 0 Å². The summed E-state index contributed by atoms with van der Waals surface area (Å²) in [6.45, 7) is 3.96. The molecule has 1 fully saturated rings. The van der Waals surface area contributed by atoms with E-state index in [9.17, 15) is 0 Å². The molecule has 5 heteroatoms. The first-order valence-corrected chi connectivity index (χ1v) is 7.12. The Labute approximate surface area is 113 Å². The van der Waals surface area contributed by atoms with Crippen molar-refractivity contribution in [2.24, 2.45) is 5.73 Å². The molecule has 2 rings (SSSR count). The van der Waals surface area contributed by atoms with E-state index >= 15 is 0 Å². The summed E-state index contributed by atoms with van der Waals surface area (Å²) in [5, 5.41) is 0. The number of hydrogen-bond donors (Lipinski definition) is 1. The van der Waals surface area contributed by atoms with E-state index in [1.54, 1.807) is 0 Å². The van der Waals surface area contributed by atoms with E-state index in [-0.39, 0.29) is 6.04 Å². The van der Waals surface area contributed by atoms with E-state index in [2.05, 4.69) is 43.7 Å². The van der Waals surface area contributed by atoms with Crippen LogP contribution < -0.4 is 5.73 Å². The lowest BCUT2D eigenvalue weighted by atomic mass is 10.1. The topological polar surface area (TPSA) is 42.4 Å². The molecule has 0 aliphatic carbocycles. The van der Waals surface area contributed by atoms with Gasteiger partial charge in [0.15, 0.2) is 4.67 Å². The molecule has 2 atom stereocenters. The lowest BCUT2D eigenvalue weighted by Gasteiger charge is -2.28. The number of likely N-dealkylation sites (tertiary alicyclic amines) is 1. The van der Waals surface area contributed by atoms with Crippen molar-refractivity contribution in [3.05, 3.63) is 21.0 Å². The highest BCUT2D eigenvalue weighted by atomic mass is 79.9. The zero-order chi connectivity index (χ0) is 11.7. The zero-order valence-corrected chi connectivity index (χ0v) is 12.4. The first-order chi connectivity index (χ1) is 7.63. The number of nitrogens with two attached hydrogens (primary N) is 1. The van der Waals surface area contributed by atoms with Crippen molar-refractivity contribution in [2.45, 2.75) is 31.8 Å². The molecule has 90 valence electrons. The summed E-state index contributed by atoms with van der Waals surface area (Å²) in [4.78, 5) is 2.43. The first kappa shape index (κ1) is 12.6. The van der Waals surface area contributed by atoms with E-state index in [4.69, 9.17) is 10.2 Å². The van der Waals surface area contributed by atoms with E-state index in [0.717, 1.165) is 21.4 Å². The summed E-state index contributed by atoms with van der Waals surface area (Å²) in [7, 11) is 0. The highest BCUT2D eigenvalue weighted by Gasteiger charge is 2.30. The third-order valence-corrected chi connectivity index (χ3v) is 4.93. The molecule has 1 aliphatic rings. The fourth-order valence-electron chi connectivity index (χ4n) is 2.36. The summed E-state index contributed by atoms with van der Waals surface area (Å²) < 4.78 is 7.37. The number of furan rings is 1. The van der Waals surface area contributed by atoms with Gasteiger partial charge in [-0.1, -0.05) is 0 Å². The van der Waals surface area contributed by atoms with Crippen LogP contribution in [0.5, 0.6) is 0 Å². The van der Waals surface area contributed by atoms with Crippen LogP contribution in [0.1, 0.15) is 31.6 Å². The minimum Gasteiger partial charge on any atom is -0.451 e. The smallest absolute Gasteiger partial charge is 0.183 e.